The van der Waals surface area contributed by atoms with Gasteiger partial charge in [0.05, 0.1) is 0 Å². The van der Waals surface area contributed by atoms with E-state index < -0.39 is 0 Å². The lowest BCUT2D eigenvalue weighted by molar-refractivity contribution is 1.05. The minimum Gasteiger partial charge on any atom is -0.0812 e. The van der Waals surface area contributed by atoms with Gasteiger partial charge >= 0.3 is 0 Å². The fourth-order valence-corrected chi connectivity index (χ4v) is 2.10. The van der Waals surface area contributed by atoms with Gasteiger partial charge in [-0.15, -0.1) is 0 Å². The summed E-state index contributed by atoms with van der Waals surface area (Å²) >= 11 is 0. The van der Waals surface area contributed by atoms with E-state index in [1.807, 2.05) is 0 Å². The summed E-state index contributed by atoms with van der Waals surface area (Å²) in [5.41, 5.74) is 5.73. The quantitative estimate of drug-likeness (QED) is 0.619. The molecule has 2 aliphatic rings. The van der Waals surface area contributed by atoms with Crippen LogP contribution in [0.1, 0.15) is 33.1 Å². The standard InChI is InChI=1S/C15H18/c1-12-5-3-7-14(9-12)11-15-8-4-6-13(2)10-15/h5-10H,3-4,11H2,1-2H3. The molecule has 0 atom stereocenters. The predicted molar refractivity (Wildman–Crippen MR) is 66.1 cm³/mol. The van der Waals surface area contributed by atoms with E-state index in [2.05, 4.69) is 51.0 Å². The SMILES string of the molecule is CC1=CCC=C(CC2=CC[CH]C(C)=C2)[CH]1. The summed E-state index contributed by atoms with van der Waals surface area (Å²) in [5.74, 6) is 0. The highest BCUT2D eigenvalue weighted by Gasteiger charge is 2.08. The van der Waals surface area contributed by atoms with Crippen molar-refractivity contribution in [3.8, 4) is 0 Å². The first-order valence-corrected chi connectivity index (χ1v) is 5.65. The van der Waals surface area contributed by atoms with Crippen LogP contribution in [0.25, 0.3) is 0 Å². The minimum atomic E-state index is 1.09. The molecule has 0 saturated carbocycles. The van der Waals surface area contributed by atoms with Crippen molar-refractivity contribution in [1.29, 1.82) is 0 Å². The van der Waals surface area contributed by atoms with Gasteiger partial charge in [0, 0.05) is 6.42 Å². The summed E-state index contributed by atoms with van der Waals surface area (Å²) in [4.78, 5) is 0. The van der Waals surface area contributed by atoms with Crippen molar-refractivity contribution in [2.45, 2.75) is 33.1 Å². The Bertz CT molecular complexity index is 361. The van der Waals surface area contributed by atoms with E-state index in [9.17, 15) is 0 Å². The van der Waals surface area contributed by atoms with Crippen molar-refractivity contribution in [2.24, 2.45) is 0 Å². The molecule has 0 heterocycles. The third kappa shape index (κ3) is 2.95. The van der Waals surface area contributed by atoms with Gasteiger partial charge in [0.2, 0.25) is 0 Å². The maximum Gasteiger partial charge on any atom is 0.0111 e. The zero-order chi connectivity index (χ0) is 10.7. The number of rotatable bonds is 2. The maximum atomic E-state index is 2.33. The molecule has 0 aliphatic heterocycles. The molecule has 0 aromatic carbocycles. The molecule has 2 aliphatic carbocycles. The topological polar surface area (TPSA) is 0 Å². The molecule has 15 heavy (non-hydrogen) atoms. The van der Waals surface area contributed by atoms with Crippen molar-refractivity contribution in [3.05, 3.63) is 59.4 Å². The third-order valence-corrected chi connectivity index (χ3v) is 2.87. The average molecular weight is 198 g/mol. The van der Waals surface area contributed by atoms with Crippen LogP contribution in [0.2, 0.25) is 0 Å². The van der Waals surface area contributed by atoms with Gasteiger partial charge in [0.1, 0.15) is 0 Å². The van der Waals surface area contributed by atoms with Crippen LogP contribution in [0.4, 0.5) is 0 Å². The molecule has 2 rings (SSSR count). The molecule has 0 fully saturated rings. The molecule has 0 nitrogen and oxygen atoms in total. The monoisotopic (exact) mass is 198 g/mol. The predicted octanol–water partition coefficient (Wildman–Crippen LogP) is 4.34. The van der Waals surface area contributed by atoms with Gasteiger partial charge in [-0.05, 0) is 45.1 Å². The van der Waals surface area contributed by atoms with Crippen LogP contribution >= 0.6 is 0 Å². The molecule has 0 bridgehead atoms. The smallest absolute Gasteiger partial charge is 0.0111 e. The van der Waals surface area contributed by atoms with Crippen molar-refractivity contribution in [1.82, 2.24) is 0 Å². The highest BCUT2D eigenvalue weighted by Crippen LogP contribution is 2.26. The van der Waals surface area contributed by atoms with Gasteiger partial charge in [-0.1, -0.05) is 41.0 Å². The van der Waals surface area contributed by atoms with Gasteiger partial charge in [0.15, 0.2) is 0 Å². The van der Waals surface area contributed by atoms with Crippen LogP contribution in [0.5, 0.6) is 0 Å². The molecule has 0 N–H and O–H groups in total. The van der Waals surface area contributed by atoms with Crippen LogP contribution in [0.15, 0.2) is 46.6 Å². The Hall–Kier alpha value is -1.04. The lowest BCUT2D eigenvalue weighted by Gasteiger charge is -2.15. The molecular formula is C15H18. The van der Waals surface area contributed by atoms with Crippen molar-refractivity contribution >= 4 is 0 Å². The third-order valence-electron chi connectivity index (χ3n) is 2.87. The Kier molecular flexibility index (Phi) is 3.25. The zero-order valence-corrected chi connectivity index (χ0v) is 9.59. The van der Waals surface area contributed by atoms with Gasteiger partial charge in [-0.25, -0.2) is 0 Å². The van der Waals surface area contributed by atoms with Crippen LogP contribution in [-0.2, 0) is 0 Å². The summed E-state index contributed by atoms with van der Waals surface area (Å²) in [6, 6.07) is 0. The molecule has 0 amide bonds. The summed E-state index contributed by atoms with van der Waals surface area (Å²) < 4.78 is 0. The van der Waals surface area contributed by atoms with E-state index in [1.165, 1.54) is 22.3 Å². The lowest BCUT2D eigenvalue weighted by Crippen LogP contribution is -1.97. The first-order chi connectivity index (χ1) is 7.24. The van der Waals surface area contributed by atoms with Crippen molar-refractivity contribution < 1.29 is 0 Å². The van der Waals surface area contributed by atoms with E-state index in [-0.39, 0.29) is 0 Å². The van der Waals surface area contributed by atoms with Crippen LogP contribution < -0.4 is 0 Å². The first kappa shape index (κ1) is 10.5. The maximum absolute atomic E-state index is 2.33. The zero-order valence-electron chi connectivity index (χ0n) is 9.59. The molecule has 0 spiro atoms. The van der Waals surface area contributed by atoms with E-state index >= 15 is 0 Å². The van der Waals surface area contributed by atoms with Crippen LogP contribution in [-0.4, -0.2) is 0 Å². The fourth-order valence-electron chi connectivity index (χ4n) is 2.10. The Labute approximate surface area is 93.1 Å². The summed E-state index contributed by atoms with van der Waals surface area (Å²) in [7, 11) is 0. The molecular weight excluding hydrogens is 180 g/mol. The van der Waals surface area contributed by atoms with Crippen molar-refractivity contribution in [2.75, 3.05) is 0 Å². The van der Waals surface area contributed by atoms with E-state index in [0.29, 0.717) is 0 Å². The lowest BCUT2D eigenvalue weighted by atomic mass is 9.90. The normalized spacial score (nSPS) is 21.5. The molecule has 0 heteroatoms. The van der Waals surface area contributed by atoms with E-state index in [0.717, 1.165) is 19.3 Å². The molecule has 0 unspecified atom stereocenters. The Morgan fingerprint density at radius 2 is 1.73 bits per heavy atom. The highest BCUT2D eigenvalue weighted by molar-refractivity contribution is 5.41. The molecule has 78 valence electrons. The van der Waals surface area contributed by atoms with Gasteiger partial charge in [-0.3, -0.25) is 0 Å². The number of hydrogen-bond donors (Lipinski definition) is 0. The largest absolute Gasteiger partial charge is 0.0812 e. The Morgan fingerprint density at radius 3 is 2.47 bits per heavy atom. The van der Waals surface area contributed by atoms with E-state index in [1.54, 1.807) is 0 Å². The van der Waals surface area contributed by atoms with Crippen LogP contribution in [0, 0.1) is 12.8 Å². The number of hydrogen-bond acceptors (Lipinski definition) is 0. The summed E-state index contributed by atoms with van der Waals surface area (Å²) in [6.45, 7) is 4.36. The molecule has 0 aromatic rings. The molecule has 0 saturated heterocycles. The van der Waals surface area contributed by atoms with Gasteiger partial charge < -0.3 is 0 Å². The molecule has 2 radical (unpaired) electrons. The number of allylic oxidation sites excluding steroid dienone is 8. The first-order valence-electron chi connectivity index (χ1n) is 5.65. The highest BCUT2D eigenvalue weighted by atomic mass is 14.1. The Balaban J connectivity index is 1.98. The van der Waals surface area contributed by atoms with E-state index in [4.69, 9.17) is 0 Å². The van der Waals surface area contributed by atoms with Crippen molar-refractivity contribution in [3.63, 3.8) is 0 Å². The van der Waals surface area contributed by atoms with Gasteiger partial charge in [-0.2, -0.15) is 0 Å². The fraction of sp³-hybridized carbons (Fsp3) is 0.333. The van der Waals surface area contributed by atoms with Crippen LogP contribution in [0.3, 0.4) is 0 Å². The second-order valence-electron chi connectivity index (χ2n) is 4.39. The average Bonchev–Trinajstić information content (AvgIpc) is 2.17. The molecule has 0 aromatic heterocycles. The minimum absolute atomic E-state index is 1.09. The Morgan fingerprint density at radius 1 is 0.933 bits per heavy atom. The summed E-state index contributed by atoms with van der Waals surface area (Å²) in [5, 5.41) is 0. The van der Waals surface area contributed by atoms with Gasteiger partial charge in [0.25, 0.3) is 0 Å². The second kappa shape index (κ2) is 4.65. The second-order valence-corrected chi connectivity index (χ2v) is 4.39. The summed E-state index contributed by atoms with van der Waals surface area (Å²) in [6.07, 6.45) is 17.1.